The molecule has 6 heteroatoms. The van der Waals surface area contributed by atoms with E-state index in [0.29, 0.717) is 23.2 Å². The van der Waals surface area contributed by atoms with Crippen molar-refractivity contribution in [2.75, 3.05) is 0 Å². The Kier molecular flexibility index (Phi) is 6.95. The number of nitrogens with zero attached hydrogens (tertiary/aromatic N) is 1. The van der Waals surface area contributed by atoms with E-state index in [1.165, 1.54) is 6.07 Å². The van der Waals surface area contributed by atoms with Crippen molar-refractivity contribution in [2.45, 2.75) is 84.6 Å². The molecule has 3 nitrogen and oxygen atoms in total. The second-order valence-corrected chi connectivity index (χ2v) is 14.9. The average molecular weight is 445 g/mol. The van der Waals surface area contributed by atoms with Crippen molar-refractivity contribution < 1.29 is 13.6 Å². The molecule has 1 aliphatic heterocycles. The van der Waals surface area contributed by atoms with E-state index in [4.69, 9.17) is 0 Å². The van der Waals surface area contributed by atoms with Crippen LogP contribution in [0.5, 0.6) is 0 Å². The average Bonchev–Trinajstić information content (AvgIpc) is 3.02. The molecular weight excluding hydrogens is 410 g/mol. The minimum absolute atomic E-state index is 0.0232. The SMILES string of the molecule is CCCC[C@H]1Cc2c([nH]c3c(F)cc(F)cc23)[C@H](CC(C)C)N1C(=O)C#C[Si](C)(C)C. The zero-order valence-electron chi connectivity index (χ0n) is 19.5. The highest BCUT2D eigenvalue weighted by Crippen LogP contribution is 2.42. The molecule has 0 spiro atoms. The van der Waals surface area contributed by atoms with Crippen molar-refractivity contribution in [1.82, 2.24) is 9.88 Å². The third kappa shape index (κ3) is 5.20. The van der Waals surface area contributed by atoms with Crippen molar-refractivity contribution >= 4 is 24.9 Å². The van der Waals surface area contributed by atoms with E-state index in [-0.39, 0.29) is 18.0 Å². The van der Waals surface area contributed by atoms with Gasteiger partial charge in [0.1, 0.15) is 19.7 Å². The van der Waals surface area contributed by atoms with Crippen LogP contribution in [0, 0.1) is 29.0 Å². The molecule has 1 aliphatic rings. The number of nitrogens with one attached hydrogen (secondary N) is 1. The number of hydrogen-bond donors (Lipinski definition) is 1. The van der Waals surface area contributed by atoms with Crippen LogP contribution >= 0.6 is 0 Å². The van der Waals surface area contributed by atoms with Gasteiger partial charge in [-0.1, -0.05) is 53.3 Å². The Labute approximate surface area is 185 Å². The fraction of sp³-hybridized carbons (Fsp3) is 0.560. The maximum Gasteiger partial charge on any atom is 0.298 e. The topological polar surface area (TPSA) is 36.1 Å². The van der Waals surface area contributed by atoms with Crippen molar-refractivity contribution in [3.8, 4) is 11.5 Å². The molecule has 0 saturated heterocycles. The number of halogens is 2. The molecule has 168 valence electrons. The van der Waals surface area contributed by atoms with Gasteiger partial charge in [0.05, 0.1) is 11.6 Å². The van der Waals surface area contributed by atoms with Crippen LogP contribution in [0.1, 0.15) is 63.8 Å². The summed E-state index contributed by atoms with van der Waals surface area (Å²) in [7, 11) is -1.70. The number of unbranched alkanes of at least 4 members (excludes halogenated alkanes) is 1. The van der Waals surface area contributed by atoms with Gasteiger partial charge in [0.25, 0.3) is 5.91 Å². The lowest BCUT2D eigenvalue weighted by Crippen LogP contribution is -2.47. The van der Waals surface area contributed by atoms with E-state index in [0.717, 1.165) is 43.0 Å². The molecule has 0 saturated carbocycles. The third-order valence-electron chi connectivity index (χ3n) is 5.83. The molecule has 0 unspecified atom stereocenters. The molecule has 0 bridgehead atoms. The van der Waals surface area contributed by atoms with Crippen molar-refractivity contribution in [3.05, 3.63) is 35.0 Å². The zero-order chi connectivity index (χ0) is 22.9. The van der Waals surface area contributed by atoms with E-state index < -0.39 is 19.7 Å². The van der Waals surface area contributed by atoms with Crippen LogP contribution in [0.3, 0.4) is 0 Å². The van der Waals surface area contributed by atoms with E-state index in [1.807, 2.05) is 4.90 Å². The molecule has 0 radical (unpaired) electrons. The molecule has 1 aromatic carbocycles. The Morgan fingerprint density at radius 3 is 2.61 bits per heavy atom. The first-order valence-electron chi connectivity index (χ1n) is 11.4. The van der Waals surface area contributed by atoms with Crippen LogP contribution in [0.25, 0.3) is 10.9 Å². The van der Waals surface area contributed by atoms with E-state index in [2.05, 4.69) is 56.9 Å². The minimum Gasteiger partial charge on any atom is -0.354 e. The quantitative estimate of drug-likeness (QED) is 0.423. The summed E-state index contributed by atoms with van der Waals surface area (Å²) in [5, 5.41) is 0.600. The molecule has 0 aliphatic carbocycles. The molecular formula is C25H34F2N2OSi. The van der Waals surface area contributed by atoms with Crippen LogP contribution in [-0.4, -0.2) is 29.9 Å². The monoisotopic (exact) mass is 444 g/mol. The van der Waals surface area contributed by atoms with Gasteiger partial charge in [-0.3, -0.25) is 4.79 Å². The van der Waals surface area contributed by atoms with E-state index >= 15 is 0 Å². The van der Waals surface area contributed by atoms with Crippen molar-refractivity contribution in [2.24, 2.45) is 5.92 Å². The summed E-state index contributed by atoms with van der Waals surface area (Å²) in [5.74, 6) is 1.96. The first kappa shape index (κ1) is 23.5. The van der Waals surface area contributed by atoms with Gasteiger partial charge in [0.2, 0.25) is 0 Å². The Bertz CT molecular complexity index is 1030. The number of aromatic amines is 1. The van der Waals surface area contributed by atoms with Gasteiger partial charge < -0.3 is 9.88 Å². The Hall–Kier alpha value is -2.13. The summed E-state index contributed by atoms with van der Waals surface area (Å²) in [6, 6.07) is 2.09. The van der Waals surface area contributed by atoms with Crippen LogP contribution in [0.4, 0.5) is 8.78 Å². The highest BCUT2D eigenvalue weighted by atomic mass is 28.3. The van der Waals surface area contributed by atoms with E-state index in [9.17, 15) is 13.6 Å². The summed E-state index contributed by atoms with van der Waals surface area (Å²) >= 11 is 0. The number of carbonyl (C=O) groups is 1. The van der Waals surface area contributed by atoms with Gasteiger partial charge in [-0.15, -0.1) is 5.54 Å². The van der Waals surface area contributed by atoms with Gasteiger partial charge in [-0.05, 0) is 42.7 Å². The summed E-state index contributed by atoms with van der Waals surface area (Å²) < 4.78 is 28.6. The number of H-pyrrole nitrogens is 1. The Balaban J connectivity index is 2.17. The molecule has 1 aromatic heterocycles. The predicted molar refractivity (Wildman–Crippen MR) is 125 cm³/mol. The number of aromatic nitrogens is 1. The second kappa shape index (κ2) is 9.16. The van der Waals surface area contributed by atoms with Crippen LogP contribution in [0.15, 0.2) is 12.1 Å². The predicted octanol–water partition coefficient (Wildman–Crippen LogP) is 6.36. The summed E-state index contributed by atoms with van der Waals surface area (Å²) in [4.78, 5) is 18.5. The van der Waals surface area contributed by atoms with Gasteiger partial charge in [-0.25, -0.2) is 8.78 Å². The molecule has 3 rings (SSSR count). The van der Waals surface area contributed by atoms with Crippen molar-refractivity contribution in [1.29, 1.82) is 0 Å². The van der Waals surface area contributed by atoms with Crippen LogP contribution < -0.4 is 0 Å². The lowest BCUT2D eigenvalue weighted by molar-refractivity contribution is -0.131. The molecule has 2 aromatic rings. The fourth-order valence-electron chi connectivity index (χ4n) is 4.50. The summed E-state index contributed by atoms with van der Waals surface area (Å²) in [6.45, 7) is 12.7. The largest absolute Gasteiger partial charge is 0.354 e. The summed E-state index contributed by atoms with van der Waals surface area (Å²) in [5.41, 5.74) is 5.33. The summed E-state index contributed by atoms with van der Waals surface area (Å²) in [6.07, 6.45) is 4.21. The van der Waals surface area contributed by atoms with Crippen LogP contribution in [-0.2, 0) is 11.2 Å². The van der Waals surface area contributed by atoms with Crippen LogP contribution in [0.2, 0.25) is 19.6 Å². The number of benzene rings is 1. The smallest absolute Gasteiger partial charge is 0.298 e. The molecule has 1 N–H and O–H groups in total. The molecule has 2 atom stereocenters. The molecule has 0 fully saturated rings. The highest BCUT2D eigenvalue weighted by Gasteiger charge is 2.39. The number of rotatable bonds is 5. The van der Waals surface area contributed by atoms with Gasteiger partial charge in [-0.2, -0.15) is 0 Å². The van der Waals surface area contributed by atoms with Gasteiger partial charge in [0, 0.05) is 23.2 Å². The molecule has 2 heterocycles. The first-order valence-corrected chi connectivity index (χ1v) is 14.9. The van der Waals surface area contributed by atoms with Gasteiger partial charge >= 0.3 is 0 Å². The Morgan fingerprint density at radius 2 is 2.00 bits per heavy atom. The van der Waals surface area contributed by atoms with E-state index in [1.54, 1.807) is 0 Å². The number of hydrogen-bond acceptors (Lipinski definition) is 1. The normalized spacial score (nSPS) is 18.8. The maximum absolute atomic E-state index is 14.6. The number of amides is 1. The third-order valence-corrected chi connectivity index (χ3v) is 6.71. The molecule has 31 heavy (non-hydrogen) atoms. The van der Waals surface area contributed by atoms with Gasteiger partial charge in [0.15, 0.2) is 0 Å². The lowest BCUT2D eigenvalue weighted by Gasteiger charge is -2.42. The fourth-order valence-corrected chi connectivity index (χ4v) is 4.98. The molecule has 1 amide bonds. The Morgan fingerprint density at radius 1 is 1.29 bits per heavy atom. The number of fused-ring (bicyclic) bond motifs is 3. The second-order valence-electron chi connectivity index (χ2n) is 10.2. The number of carbonyl (C=O) groups excluding carboxylic acids is 1. The minimum atomic E-state index is -1.70. The first-order chi connectivity index (χ1) is 14.5. The standard InChI is InChI=1S/C25H34F2N2OSi/c1-7-8-9-18-15-20-19-13-17(26)14-21(27)24(19)28-25(20)22(12-16(2)3)29(18)23(30)10-11-31(4,5)6/h13-14,16,18,22,28H,7-9,12,15H2,1-6H3/t18-,22-/m0/s1. The van der Waals surface area contributed by atoms with Crippen molar-refractivity contribution in [3.63, 3.8) is 0 Å². The lowest BCUT2D eigenvalue weighted by atomic mass is 9.85. The zero-order valence-corrected chi connectivity index (χ0v) is 20.5. The highest BCUT2D eigenvalue weighted by molar-refractivity contribution is 6.84. The maximum atomic E-state index is 14.6.